The fraction of sp³-hybridized carbons (Fsp3) is 0.136. The number of amides is 4. The minimum Gasteiger partial charge on any atom is -0.268 e. The predicted molar refractivity (Wildman–Crippen MR) is 110 cm³/mol. The van der Waals surface area contributed by atoms with Gasteiger partial charge in [0.1, 0.15) is 11.3 Å². The van der Waals surface area contributed by atoms with Gasteiger partial charge in [0.2, 0.25) is 0 Å². The highest BCUT2D eigenvalue weighted by Crippen LogP contribution is 2.26. The Kier molecular flexibility index (Phi) is 4.97. The van der Waals surface area contributed by atoms with Crippen LogP contribution in [0.25, 0.3) is 17.3 Å². The summed E-state index contributed by atoms with van der Waals surface area (Å²) in [5, 5.41) is 4.66. The van der Waals surface area contributed by atoms with Gasteiger partial charge in [-0.05, 0) is 23.8 Å². The lowest BCUT2D eigenvalue weighted by molar-refractivity contribution is -0.134. The van der Waals surface area contributed by atoms with Crippen molar-refractivity contribution in [3.05, 3.63) is 77.8 Å². The summed E-state index contributed by atoms with van der Waals surface area (Å²) in [6.45, 7) is 0.525. The molecule has 0 aliphatic carbocycles. The summed E-state index contributed by atoms with van der Waals surface area (Å²) in [6.07, 6.45) is 6.59. The number of hydrogen-bond acceptors (Lipinski definition) is 5. The lowest BCUT2D eigenvalue weighted by Crippen LogP contribution is -2.52. The molecule has 0 spiro atoms. The molecular weight excluding hydrogens is 382 g/mol. The van der Waals surface area contributed by atoms with Crippen LogP contribution in [0.4, 0.5) is 4.79 Å². The molecule has 4 amide bonds. The molecule has 3 aromatic rings. The molecule has 0 atom stereocenters. The second kappa shape index (κ2) is 7.75. The molecule has 1 fully saturated rings. The fourth-order valence-electron chi connectivity index (χ4n) is 3.25. The van der Waals surface area contributed by atoms with Crippen molar-refractivity contribution in [2.75, 3.05) is 14.1 Å². The Balaban J connectivity index is 1.80. The minimum atomic E-state index is -0.658. The van der Waals surface area contributed by atoms with Crippen LogP contribution in [0.3, 0.4) is 0 Å². The van der Waals surface area contributed by atoms with E-state index in [2.05, 4.69) is 10.1 Å². The largest absolute Gasteiger partial charge is 0.333 e. The average Bonchev–Trinajstić information content (AvgIpc) is 3.17. The highest BCUT2D eigenvalue weighted by atomic mass is 16.2. The Morgan fingerprint density at radius 1 is 0.933 bits per heavy atom. The molecule has 8 heteroatoms. The van der Waals surface area contributed by atoms with Crippen molar-refractivity contribution in [2.24, 2.45) is 0 Å². The van der Waals surface area contributed by atoms with Gasteiger partial charge < -0.3 is 0 Å². The van der Waals surface area contributed by atoms with Crippen LogP contribution in [-0.2, 0) is 16.1 Å². The van der Waals surface area contributed by atoms with Crippen molar-refractivity contribution in [3.63, 3.8) is 0 Å². The molecule has 0 N–H and O–H groups in total. The Hall–Kier alpha value is -4.07. The van der Waals surface area contributed by atoms with Crippen LogP contribution >= 0.6 is 0 Å². The zero-order chi connectivity index (χ0) is 21.3. The van der Waals surface area contributed by atoms with E-state index in [1.807, 2.05) is 36.4 Å². The molecular formula is C22H19N5O3. The zero-order valence-electron chi connectivity index (χ0n) is 16.5. The van der Waals surface area contributed by atoms with Gasteiger partial charge in [0.25, 0.3) is 11.8 Å². The maximum absolute atomic E-state index is 12.6. The van der Waals surface area contributed by atoms with E-state index < -0.39 is 17.8 Å². The van der Waals surface area contributed by atoms with Gasteiger partial charge >= 0.3 is 6.03 Å². The smallest absolute Gasteiger partial charge is 0.268 e. The van der Waals surface area contributed by atoms with Crippen molar-refractivity contribution >= 4 is 23.9 Å². The van der Waals surface area contributed by atoms with Crippen LogP contribution in [0, 0.1) is 0 Å². The Morgan fingerprint density at radius 3 is 2.27 bits per heavy atom. The summed E-state index contributed by atoms with van der Waals surface area (Å²) in [7, 11) is 2.70. The number of rotatable bonds is 4. The molecule has 4 rings (SSSR count). The molecule has 1 saturated heterocycles. The minimum absolute atomic E-state index is 0.0935. The first kappa shape index (κ1) is 19.3. The third kappa shape index (κ3) is 3.50. The number of likely N-dealkylation sites (N-methyl/N-ethyl adjacent to an activating group) is 2. The van der Waals surface area contributed by atoms with E-state index in [1.165, 1.54) is 20.2 Å². The molecule has 0 bridgehead atoms. The highest BCUT2D eigenvalue weighted by molar-refractivity contribution is 6.30. The van der Waals surface area contributed by atoms with Gasteiger partial charge in [-0.15, -0.1) is 0 Å². The van der Waals surface area contributed by atoms with Crippen LogP contribution in [0.2, 0.25) is 0 Å². The second-order valence-electron chi connectivity index (χ2n) is 6.93. The van der Waals surface area contributed by atoms with Crippen molar-refractivity contribution in [3.8, 4) is 11.3 Å². The lowest BCUT2D eigenvalue weighted by Gasteiger charge is -2.28. The first-order valence-corrected chi connectivity index (χ1v) is 9.29. The van der Waals surface area contributed by atoms with E-state index in [4.69, 9.17) is 0 Å². The van der Waals surface area contributed by atoms with Crippen molar-refractivity contribution in [1.29, 1.82) is 0 Å². The number of carbonyl (C=O) groups excluding carboxylic acids is 3. The fourth-order valence-corrected chi connectivity index (χ4v) is 3.25. The summed E-state index contributed by atoms with van der Waals surface area (Å²) >= 11 is 0. The number of hydrogen-bond donors (Lipinski definition) is 0. The number of urea groups is 1. The average molecular weight is 401 g/mol. The third-order valence-electron chi connectivity index (χ3n) is 4.86. The van der Waals surface area contributed by atoms with Gasteiger partial charge in [0.05, 0.1) is 6.54 Å². The topological polar surface area (TPSA) is 88.4 Å². The summed E-state index contributed by atoms with van der Waals surface area (Å²) in [5.74, 6) is -1.29. The molecule has 0 radical (unpaired) electrons. The lowest BCUT2D eigenvalue weighted by atomic mass is 10.0. The maximum atomic E-state index is 12.6. The van der Waals surface area contributed by atoms with Gasteiger partial charge in [-0.1, -0.05) is 30.3 Å². The predicted octanol–water partition coefficient (Wildman–Crippen LogP) is 2.43. The van der Waals surface area contributed by atoms with Crippen LogP contribution < -0.4 is 0 Å². The number of benzene rings is 1. The van der Waals surface area contributed by atoms with E-state index in [0.29, 0.717) is 17.8 Å². The monoisotopic (exact) mass is 401 g/mol. The Labute approximate surface area is 173 Å². The molecule has 0 unspecified atom stereocenters. The Morgan fingerprint density at radius 2 is 1.63 bits per heavy atom. The summed E-state index contributed by atoms with van der Waals surface area (Å²) in [4.78, 5) is 43.2. The molecule has 150 valence electrons. The molecule has 1 aromatic carbocycles. The standard InChI is InChI=1S/C22H19N5O3/c1-25-20(28)18(21(29)26(2)22(25)30)11-17-14-27(13-15-7-4-3-5-8-15)24-19(17)16-9-6-10-23-12-16/h3-12,14H,13H2,1-2H3. The number of barbiturate groups is 1. The summed E-state index contributed by atoms with van der Waals surface area (Å²) in [6, 6.07) is 12.8. The van der Waals surface area contributed by atoms with Gasteiger partial charge in [-0.2, -0.15) is 5.10 Å². The number of nitrogens with zero attached hydrogens (tertiary/aromatic N) is 5. The highest BCUT2D eigenvalue weighted by Gasteiger charge is 2.38. The van der Waals surface area contributed by atoms with Gasteiger partial charge in [0.15, 0.2) is 0 Å². The third-order valence-corrected chi connectivity index (χ3v) is 4.86. The van der Waals surface area contributed by atoms with Crippen LogP contribution in [-0.4, -0.2) is 56.5 Å². The van der Waals surface area contributed by atoms with E-state index in [9.17, 15) is 14.4 Å². The second-order valence-corrected chi connectivity index (χ2v) is 6.93. The molecule has 1 aliphatic rings. The van der Waals surface area contributed by atoms with Crippen molar-refractivity contribution < 1.29 is 14.4 Å². The van der Waals surface area contributed by atoms with Gasteiger partial charge in [0, 0.05) is 43.8 Å². The quantitative estimate of drug-likeness (QED) is 0.495. The number of pyridine rings is 1. The first-order valence-electron chi connectivity index (χ1n) is 9.29. The molecule has 3 heterocycles. The van der Waals surface area contributed by atoms with Crippen LogP contribution in [0.5, 0.6) is 0 Å². The number of imide groups is 2. The van der Waals surface area contributed by atoms with Crippen molar-refractivity contribution in [1.82, 2.24) is 24.6 Å². The van der Waals surface area contributed by atoms with E-state index in [0.717, 1.165) is 20.9 Å². The normalized spacial score (nSPS) is 14.5. The molecule has 2 aromatic heterocycles. The molecule has 1 aliphatic heterocycles. The molecule has 0 saturated carbocycles. The molecule has 8 nitrogen and oxygen atoms in total. The first-order chi connectivity index (χ1) is 14.5. The summed E-state index contributed by atoms with van der Waals surface area (Å²) < 4.78 is 1.75. The zero-order valence-corrected chi connectivity index (χ0v) is 16.5. The van der Waals surface area contributed by atoms with E-state index in [1.54, 1.807) is 29.3 Å². The summed E-state index contributed by atoms with van der Waals surface area (Å²) in [5.41, 5.74) is 2.90. The van der Waals surface area contributed by atoms with E-state index in [-0.39, 0.29) is 5.57 Å². The molecule has 30 heavy (non-hydrogen) atoms. The van der Waals surface area contributed by atoms with Gasteiger partial charge in [-0.3, -0.25) is 29.1 Å². The van der Waals surface area contributed by atoms with Crippen LogP contribution in [0.1, 0.15) is 11.1 Å². The van der Waals surface area contributed by atoms with E-state index >= 15 is 0 Å². The van der Waals surface area contributed by atoms with Crippen molar-refractivity contribution in [2.45, 2.75) is 6.54 Å². The number of carbonyl (C=O) groups is 3. The van der Waals surface area contributed by atoms with Crippen LogP contribution in [0.15, 0.2) is 66.6 Å². The Bertz CT molecular complexity index is 1130. The van der Waals surface area contributed by atoms with Gasteiger partial charge in [-0.25, -0.2) is 4.79 Å². The number of aromatic nitrogens is 3. The maximum Gasteiger partial charge on any atom is 0.333 e. The SMILES string of the molecule is CN1C(=O)C(=Cc2cn(Cc3ccccc3)nc2-c2cccnc2)C(=O)N(C)C1=O.